The molecule has 0 aliphatic carbocycles. The molecule has 0 aromatic heterocycles. The van der Waals surface area contributed by atoms with Crippen LogP contribution in [0.5, 0.6) is 0 Å². The van der Waals surface area contributed by atoms with Crippen molar-refractivity contribution in [2.75, 3.05) is 19.8 Å². The lowest BCUT2D eigenvalue weighted by molar-refractivity contribution is 0.0401. The predicted octanol–water partition coefficient (Wildman–Crippen LogP) is 4.03. The van der Waals surface area contributed by atoms with Crippen LogP contribution in [0.4, 0.5) is 0 Å². The van der Waals surface area contributed by atoms with E-state index in [2.05, 4.69) is 34.3 Å². The van der Waals surface area contributed by atoms with Crippen molar-refractivity contribution in [3.63, 3.8) is 0 Å². The van der Waals surface area contributed by atoms with Crippen molar-refractivity contribution in [2.24, 2.45) is 23.7 Å². The van der Waals surface area contributed by atoms with Crippen LogP contribution < -0.4 is 0 Å². The van der Waals surface area contributed by atoms with Gasteiger partial charge in [0.2, 0.25) is 0 Å². The van der Waals surface area contributed by atoms with Crippen molar-refractivity contribution in [3.05, 3.63) is 12.7 Å². The molecule has 0 aliphatic heterocycles. The van der Waals surface area contributed by atoms with Crippen molar-refractivity contribution in [3.8, 4) is 0 Å². The first-order valence-electron chi connectivity index (χ1n) is 9.81. The van der Waals surface area contributed by atoms with Gasteiger partial charge in [-0.05, 0) is 38.5 Å². The SMILES string of the molecule is C=CCOC[C@@H](CCC(C)C)[C@H](C)O.CC(C)CC[C@H](CO)[C@H](C)O. The van der Waals surface area contributed by atoms with Gasteiger partial charge in [-0.2, -0.15) is 0 Å². The van der Waals surface area contributed by atoms with Gasteiger partial charge >= 0.3 is 0 Å². The van der Waals surface area contributed by atoms with Crippen LogP contribution in [0.15, 0.2) is 12.7 Å². The van der Waals surface area contributed by atoms with Crippen molar-refractivity contribution in [1.29, 1.82) is 0 Å². The van der Waals surface area contributed by atoms with E-state index < -0.39 is 0 Å². The molecule has 0 fully saturated rings. The van der Waals surface area contributed by atoms with E-state index in [0.717, 1.165) is 25.7 Å². The molecule has 25 heavy (non-hydrogen) atoms. The number of rotatable bonds is 13. The van der Waals surface area contributed by atoms with Gasteiger partial charge in [0.25, 0.3) is 0 Å². The number of hydrogen-bond donors (Lipinski definition) is 3. The average molecular weight is 361 g/mol. The number of aliphatic hydroxyl groups excluding tert-OH is 3. The summed E-state index contributed by atoms with van der Waals surface area (Å²) in [6.07, 6.45) is 5.26. The Balaban J connectivity index is 0. The molecule has 4 atom stereocenters. The van der Waals surface area contributed by atoms with E-state index >= 15 is 0 Å². The molecule has 0 aromatic rings. The molecule has 0 saturated carbocycles. The zero-order chi connectivity index (χ0) is 19.8. The van der Waals surface area contributed by atoms with Crippen LogP contribution in [0.1, 0.15) is 67.2 Å². The summed E-state index contributed by atoms with van der Waals surface area (Å²) < 4.78 is 5.36. The summed E-state index contributed by atoms with van der Waals surface area (Å²) >= 11 is 0. The third kappa shape index (κ3) is 18.2. The summed E-state index contributed by atoms with van der Waals surface area (Å²) in [5.41, 5.74) is 0. The molecule has 152 valence electrons. The Hall–Kier alpha value is -0.420. The molecule has 0 heterocycles. The molecule has 4 nitrogen and oxygen atoms in total. The van der Waals surface area contributed by atoms with Gasteiger partial charge in [0.05, 0.1) is 25.4 Å². The molecule has 0 unspecified atom stereocenters. The van der Waals surface area contributed by atoms with Crippen molar-refractivity contribution in [1.82, 2.24) is 0 Å². The first-order valence-corrected chi connectivity index (χ1v) is 9.81. The Morgan fingerprint density at radius 3 is 1.56 bits per heavy atom. The Labute approximate surface area is 156 Å². The zero-order valence-corrected chi connectivity index (χ0v) is 17.4. The Morgan fingerprint density at radius 2 is 1.24 bits per heavy atom. The van der Waals surface area contributed by atoms with E-state index in [4.69, 9.17) is 14.9 Å². The Morgan fingerprint density at radius 1 is 0.800 bits per heavy atom. The summed E-state index contributed by atoms with van der Waals surface area (Å²) in [6, 6.07) is 0. The monoisotopic (exact) mass is 360 g/mol. The maximum absolute atomic E-state index is 9.52. The van der Waals surface area contributed by atoms with Crippen LogP contribution in [0.2, 0.25) is 0 Å². The van der Waals surface area contributed by atoms with Crippen LogP contribution in [0.25, 0.3) is 0 Å². The highest BCUT2D eigenvalue weighted by Gasteiger charge is 2.15. The molecular weight excluding hydrogens is 316 g/mol. The summed E-state index contributed by atoms with van der Waals surface area (Å²) in [6.45, 7) is 17.2. The van der Waals surface area contributed by atoms with Gasteiger partial charge in [-0.25, -0.2) is 0 Å². The number of aliphatic hydroxyl groups is 3. The van der Waals surface area contributed by atoms with E-state index in [1.54, 1.807) is 13.0 Å². The van der Waals surface area contributed by atoms with E-state index in [9.17, 15) is 5.11 Å². The highest BCUT2D eigenvalue weighted by Crippen LogP contribution is 2.16. The number of ether oxygens (including phenoxy) is 1. The van der Waals surface area contributed by atoms with E-state index in [-0.39, 0.29) is 30.7 Å². The van der Waals surface area contributed by atoms with Gasteiger partial charge in [0.15, 0.2) is 0 Å². The van der Waals surface area contributed by atoms with Crippen LogP contribution in [-0.4, -0.2) is 47.3 Å². The summed E-state index contributed by atoms with van der Waals surface area (Å²) in [7, 11) is 0. The van der Waals surface area contributed by atoms with Gasteiger partial charge in [-0.1, -0.05) is 46.6 Å². The second-order valence-corrected chi connectivity index (χ2v) is 7.95. The quantitative estimate of drug-likeness (QED) is 0.342. The van der Waals surface area contributed by atoms with Crippen LogP contribution >= 0.6 is 0 Å². The van der Waals surface area contributed by atoms with Crippen LogP contribution in [-0.2, 0) is 4.74 Å². The maximum atomic E-state index is 9.52. The fourth-order valence-electron chi connectivity index (χ4n) is 2.35. The standard InChI is InChI=1S/C12H24O2.C9H20O2/c1-5-8-14-9-12(11(4)13)7-6-10(2)3;1-7(2)4-5-9(6-10)8(3)11/h5,10-13H,1,6-9H2,2-4H3;7-11H,4-6H2,1-3H3/t11-,12+;8-,9+/m00/s1. The van der Waals surface area contributed by atoms with Crippen molar-refractivity contribution >= 4 is 0 Å². The molecule has 0 radical (unpaired) electrons. The van der Waals surface area contributed by atoms with Gasteiger partial charge in [0, 0.05) is 18.4 Å². The molecule has 4 heteroatoms. The van der Waals surface area contributed by atoms with Gasteiger partial charge in [0.1, 0.15) is 0 Å². The summed E-state index contributed by atoms with van der Waals surface area (Å²) in [4.78, 5) is 0. The Kier molecular flexibility index (Phi) is 18.2. The molecule has 0 aliphatic rings. The Bertz CT molecular complexity index is 288. The second kappa shape index (κ2) is 17.0. The molecule has 3 N–H and O–H groups in total. The van der Waals surface area contributed by atoms with Gasteiger partial charge in [-0.3, -0.25) is 0 Å². The fourth-order valence-corrected chi connectivity index (χ4v) is 2.35. The van der Waals surface area contributed by atoms with Crippen molar-refractivity contribution in [2.45, 2.75) is 79.4 Å². The molecule has 0 saturated heterocycles. The lowest BCUT2D eigenvalue weighted by Crippen LogP contribution is -2.22. The van der Waals surface area contributed by atoms with E-state index in [1.165, 1.54) is 0 Å². The first-order chi connectivity index (χ1) is 11.6. The largest absolute Gasteiger partial charge is 0.396 e. The van der Waals surface area contributed by atoms with E-state index in [1.807, 2.05) is 6.92 Å². The summed E-state index contributed by atoms with van der Waals surface area (Å²) in [5, 5.41) is 27.5. The van der Waals surface area contributed by atoms with E-state index in [0.29, 0.717) is 25.0 Å². The topological polar surface area (TPSA) is 69.9 Å². The lowest BCUT2D eigenvalue weighted by Gasteiger charge is -2.20. The van der Waals surface area contributed by atoms with Crippen molar-refractivity contribution < 1.29 is 20.1 Å². The zero-order valence-electron chi connectivity index (χ0n) is 17.4. The number of hydrogen-bond acceptors (Lipinski definition) is 4. The van der Waals surface area contributed by atoms with Gasteiger partial charge < -0.3 is 20.1 Å². The smallest absolute Gasteiger partial charge is 0.0644 e. The average Bonchev–Trinajstić information content (AvgIpc) is 2.50. The van der Waals surface area contributed by atoms with Gasteiger partial charge in [-0.15, -0.1) is 6.58 Å². The highest BCUT2D eigenvalue weighted by atomic mass is 16.5. The fraction of sp³-hybridized carbons (Fsp3) is 0.905. The summed E-state index contributed by atoms with van der Waals surface area (Å²) in [5.74, 6) is 1.67. The lowest BCUT2D eigenvalue weighted by atomic mass is 9.94. The predicted molar refractivity (Wildman–Crippen MR) is 107 cm³/mol. The molecule has 0 rings (SSSR count). The third-order valence-corrected chi connectivity index (χ3v) is 4.40. The normalized spacial score (nSPS) is 16.1. The highest BCUT2D eigenvalue weighted by molar-refractivity contribution is 4.68. The molecule has 0 bridgehead atoms. The molecular formula is C21H44O4. The molecule has 0 aromatic carbocycles. The molecule has 0 amide bonds. The first kappa shape index (κ1) is 26.8. The second-order valence-electron chi connectivity index (χ2n) is 7.95. The maximum Gasteiger partial charge on any atom is 0.0644 e. The third-order valence-electron chi connectivity index (χ3n) is 4.40. The molecule has 0 spiro atoms. The minimum atomic E-state index is -0.376. The van der Waals surface area contributed by atoms with Crippen LogP contribution in [0.3, 0.4) is 0 Å². The minimum absolute atomic E-state index is 0.0670. The minimum Gasteiger partial charge on any atom is -0.396 e. The van der Waals surface area contributed by atoms with Crippen LogP contribution in [0, 0.1) is 23.7 Å².